The third-order valence-corrected chi connectivity index (χ3v) is 2.43. The first-order valence-corrected chi connectivity index (χ1v) is 4.97. The topological polar surface area (TPSA) is 37.3 Å². The molecule has 0 aliphatic rings. The summed E-state index contributed by atoms with van der Waals surface area (Å²) in [6, 6.07) is 6.12. The summed E-state index contributed by atoms with van der Waals surface area (Å²) < 4.78 is 39.7. The van der Waals surface area contributed by atoms with Crippen LogP contribution in [0.15, 0.2) is 36.4 Å². The predicted molar refractivity (Wildman–Crippen MR) is 58.7 cm³/mol. The second-order valence-electron chi connectivity index (χ2n) is 3.63. The second kappa shape index (κ2) is 4.52. The quantitative estimate of drug-likeness (QED) is 0.888. The zero-order valence-electron chi connectivity index (χ0n) is 8.95. The number of rotatable bonds is 2. The lowest BCUT2D eigenvalue weighted by molar-refractivity contribution is 0.0697. The van der Waals surface area contributed by atoms with Crippen LogP contribution in [0, 0.1) is 17.5 Å². The average molecular weight is 252 g/mol. The Kier molecular flexibility index (Phi) is 3.06. The van der Waals surface area contributed by atoms with Gasteiger partial charge in [-0.3, -0.25) is 0 Å². The molecule has 0 radical (unpaired) electrons. The summed E-state index contributed by atoms with van der Waals surface area (Å²) in [5.41, 5.74) is -0.231. The van der Waals surface area contributed by atoms with Crippen LogP contribution in [0.1, 0.15) is 10.4 Å². The fourth-order valence-corrected chi connectivity index (χ4v) is 1.60. The molecule has 18 heavy (non-hydrogen) atoms. The van der Waals surface area contributed by atoms with Crippen LogP contribution in [0.3, 0.4) is 0 Å². The highest BCUT2D eigenvalue weighted by Gasteiger charge is 2.14. The first-order chi connectivity index (χ1) is 8.49. The van der Waals surface area contributed by atoms with Crippen molar-refractivity contribution in [3.05, 3.63) is 59.4 Å². The van der Waals surface area contributed by atoms with Crippen LogP contribution >= 0.6 is 0 Å². The molecule has 0 bridgehead atoms. The predicted octanol–water partition coefficient (Wildman–Crippen LogP) is 3.47. The molecule has 0 aliphatic carbocycles. The Balaban J connectivity index is 2.52. The summed E-state index contributed by atoms with van der Waals surface area (Å²) in [5.74, 6) is -4.20. The number of hydrogen-bond donors (Lipinski definition) is 1. The smallest absolute Gasteiger partial charge is 0.335 e. The third-order valence-electron chi connectivity index (χ3n) is 2.43. The van der Waals surface area contributed by atoms with E-state index in [9.17, 15) is 18.0 Å². The number of halogens is 3. The molecule has 2 nitrogen and oxygen atoms in total. The Bertz CT molecular complexity index is 583. The van der Waals surface area contributed by atoms with Gasteiger partial charge in [0.1, 0.15) is 17.5 Å². The van der Waals surface area contributed by atoms with Gasteiger partial charge in [-0.1, -0.05) is 12.1 Å². The van der Waals surface area contributed by atoms with Crippen molar-refractivity contribution < 1.29 is 23.1 Å². The molecule has 92 valence electrons. The van der Waals surface area contributed by atoms with Gasteiger partial charge in [-0.05, 0) is 17.7 Å². The van der Waals surface area contributed by atoms with Gasteiger partial charge >= 0.3 is 5.97 Å². The maximum absolute atomic E-state index is 13.5. The highest BCUT2D eigenvalue weighted by molar-refractivity contribution is 5.88. The van der Waals surface area contributed by atoms with Crippen molar-refractivity contribution in [2.45, 2.75) is 0 Å². The molecule has 2 aromatic carbocycles. The van der Waals surface area contributed by atoms with Crippen molar-refractivity contribution in [3.63, 3.8) is 0 Å². The Morgan fingerprint density at radius 1 is 0.944 bits per heavy atom. The molecule has 0 aliphatic heterocycles. The maximum atomic E-state index is 13.5. The van der Waals surface area contributed by atoms with Crippen molar-refractivity contribution >= 4 is 5.97 Å². The van der Waals surface area contributed by atoms with Gasteiger partial charge in [0.25, 0.3) is 0 Å². The lowest BCUT2D eigenvalue weighted by Crippen LogP contribution is -1.96. The number of carboxylic acid groups (broad SMARTS) is 1. The zero-order valence-corrected chi connectivity index (χ0v) is 8.95. The zero-order chi connectivity index (χ0) is 13.3. The van der Waals surface area contributed by atoms with Gasteiger partial charge in [-0.25, -0.2) is 18.0 Å². The van der Waals surface area contributed by atoms with Gasteiger partial charge in [0.2, 0.25) is 0 Å². The Hall–Kier alpha value is -2.30. The molecule has 5 heteroatoms. The fourth-order valence-electron chi connectivity index (χ4n) is 1.60. The fraction of sp³-hybridized carbons (Fsp3) is 0. The minimum atomic E-state index is -1.14. The largest absolute Gasteiger partial charge is 0.478 e. The number of benzene rings is 2. The molecule has 0 amide bonds. The standard InChI is InChI=1S/C13H7F3O2/c14-9-5-10(15)12(11(16)6-9)7-1-3-8(4-2-7)13(17)18/h1-6H,(H,17,18). The Morgan fingerprint density at radius 3 is 1.89 bits per heavy atom. The molecular weight excluding hydrogens is 245 g/mol. The van der Waals surface area contributed by atoms with Crippen molar-refractivity contribution in [1.29, 1.82) is 0 Å². The summed E-state index contributed by atoms with van der Waals surface area (Å²) in [5, 5.41) is 8.69. The number of aromatic carboxylic acids is 1. The Labute approximate surface area is 100 Å². The summed E-state index contributed by atoms with van der Waals surface area (Å²) in [7, 11) is 0. The van der Waals surface area contributed by atoms with E-state index in [4.69, 9.17) is 5.11 Å². The van der Waals surface area contributed by atoms with Gasteiger partial charge in [0.05, 0.1) is 11.1 Å². The van der Waals surface area contributed by atoms with Gasteiger partial charge in [-0.2, -0.15) is 0 Å². The van der Waals surface area contributed by atoms with E-state index in [0.29, 0.717) is 12.1 Å². The summed E-state index contributed by atoms with van der Waals surface area (Å²) in [6.45, 7) is 0. The van der Waals surface area contributed by atoms with Crippen molar-refractivity contribution in [3.8, 4) is 11.1 Å². The highest BCUT2D eigenvalue weighted by Crippen LogP contribution is 2.27. The van der Waals surface area contributed by atoms with Crippen LogP contribution in [0.4, 0.5) is 13.2 Å². The van der Waals surface area contributed by atoms with Crippen LogP contribution < -0.4 is 0 Å². The van der Waals surface area contributed by atoms with Crippen molar-refractivity contribution in [2.75, 3.05) is 0 Å². The van der Waals surface area contributed by atoms with E-state index in [1.165, 1.54) is 24.3 Å². The molecule has 0 spiro atoms. The normalized spacial score (nSPS) is 10.4. The molecular formula is C13H7F3O2. The lowest BCUT2D eigenvalue weighted by Gasteiger charge is -2.06. The minimum Gasteiger partial charge on any atom is -0.478 e. The molecule has 0 atom stereocenters. The Morgan fingerprint density at radius 2 is 1.44 bits per heavy atom. The van der Waals surface area contributed by atoms with Gasteiger partial charge in [0, 0.05) is 12.1 Å². The number of hydrogen-bond acceptors (Lipinski definition) is 1. The maximum Gasteiger partial charge on any atom is 0.335 e. The van der Waals surface area contributed by atoms with E-state index >= 15 is 0 Å². The molecule has 0 heterocycles. The molecule has 2 aromatic rings. The molecule has 0 saturated carbocycles. The van der Waals surface area contributed by atoms with Crippen LogP contribution in [0.25, 0.3) is 11.1 Å². The van der Waals surface area contributed by atoms with Gasteiger partial charge in [-0.15, -0.1) is 0 Å². The third kappa shape index (κ3) is 2.20. The van der Waals surface area contributed by atoms with E-state index in [1.807, 2.05) is 0 Å². The summed E-state index contributed by atoms with van der Waals surface area (Å²) in [6.07, 6.45) is 0. The molecule has 2 rings (SSSR count). The SMILES string of the molecule is O=C(O)c1ccc(-c2c(F)cc(F)cc2F)cc1. The van der Waals surface area contributed by atoms with Crippen LogP contribution in [0.2, 0.25) is 0 Å². The lowest BCUT2D eigenvalue weighted by atomic mass is 10.0. The number of carboxylic acids is 1. The monoisotopic (exact) mass is 252 g/mol. The second-order valence-corrected chi connectivity index (χ2v) is 3.63. The van der Waals surface area contributed by atoms with E-state index in [2.05, 4.69) is 0 Å². The molecule has 1 N–H and O–H groups in total. The first kappa shape index (κ1) is 12.2. The van der Waals surface area contributed by atoms with E-state index in [0.717, 1.165) is 0 Å². The van der Waals surface area contributed by atoms with E-state index in [1.54, 1.807) is 0 Å². The molecule has 0 fully saturated rings. The average Bonchev–Trinajstić information content (AvgIpc) is 2.28. The van der Waals surface area contributed by atoms with Crippen LogP contribution in [-0.2, 0) is 0 Å². The number of carbonyl (C=O) groups is 1. The van der Waals surface area contributed by atoms with Crippen molar-refractivity contribution in [1.82, 2.24) is 0 Å². The van der Waals surface area contributed by atoms with Gasteiger partial charge < -0.3 is 5.11 Å². The van der Waals surface area contributed by atoms with E-state index in [-0.39, 0.29) is 16.7 Å². The highest BCUT2D eigenvalue weighted by atomic mass is 19.1. The first-order valence-electron chi connectivity index (χ1n) is 4.97. The minimum absolute atomic E-state index is 0.00155. The van der Waals surface area contributed by atoms with E-state index < -0.39 is 23.4 Å². The molecule has 0 saturated heterocycles. The van der Waals surface area contributed by atoms with Crippen molar-refractivity contribution in [2.24, 2.45) is 0 Å². The summed E-state index contributed by atoms with van der Waals surface area (Å²) in [4.78, 5) is 10.6. The molecule has 0 unspecified atom stereocenters. The van der Waals surface area contributed by atoms with Gasteiger partial charge in [0.15, 0.2) is 0 Å². The van der Waals surface area contributed by atoms with Crippen LogP contribution in [0.5, 0.6) is 0 Å². The molecule has 0 aromatic heterocycles. The van der Waals surface area contributed by atoms with Crippen LogP contribution in [-0.4, -0.2) is 11.1 Å². The summed E-state index contributed by atoms with van der Waals surface area (Å²) >= 11 is 0.